The highest BCUT2D eigenvalue weighted by atomic mass is 127. The fourth-order valence-electron chi connectivity index (χ4n) is 1.72. The van der Waals surface area contributed by atoms with Crippen LogP contribution in [0.2, 0.25) is 0 Å². The summed E-state index contributed by atoms with van der Waals surface area (Å²) < 4.78 is 12.0. The van der Waals surface area contributed by atoms with Gasteiger partial charge in [0.2, 0.25) is 0 Å². The van der Waals surface area contributed by atoms with E-state index in [2.05, 4.69) is 22.5 Å². The van der Waals surface area contributed by atoms with Crippen molar-refractivity contribution >= 4 is 40.7 Å². The van der Waals surface area contributed by atoms with Crippen molar-refractivity contribution in [1.29, 1.82) is 0 Å². The van der Waals surface area contributed by atoms with Gasteiger partial charge in [0.25, 0.3) is 0 Å². The minimum atomic E-state index is -0.842. The Morgan fingerprint density at radius 1 is 1.19 bits per heavy atom. The van der Waals surface area contributed by atoms with E-state index in [0.717, 1.165) is 30.9 Å². The van der Waals surface area contributed by atoms with E-state index in [1.807, 2.05) is 30.3 Å². The maximum atomic E-state index is 12.0. The molecule has 0 aliphatic rings. The lowest BCUT2D eigenvalue weighted by atomic mass is 10.2. The van der Waals surface area contributed by atoms with Gasteiger partial charge in [-0.2, -0.15) is 0 Å². The first-order valence-corrected chi connectivity index (χ1v) is 8.58. The van der Waals surface area contributed by atoms with Gasteiger partial charge in [-0.3, -0.25) is 9.20 Å². The summed E-state index contributed by atoms with van der Waals surface area (Å²) in [5.74, 6) is 2.03. The van der Waals surface area contributed by atoms with Crippen molar-refractivity contribution in [3.05, 3.63) is 35.9 Å². The number of hydrogen-bond acceptors (Lipinski definition) is 2. The van der Waals surface area contributed by atoms with Crippen LogP contribution >= 0.6 is 24.0 Å². The Morgan fingerprint density at radius 2 is 1.86 bits per heavy atom. The number of unbranched alkanes of at least 4 members (excludes halogenated alkanes) is 1. The molecule has 0 spiro atoms. The highest BCUT2D eigenvalue weighted by molar-refractivity contribution is 14.0. The van der Waals surface area contributed by atoms with Crippen LogP contribution in [0, 0.1) is 0 Å². The molecule has 6 heteroatoms. The van der Waals surface area contributed by atoms with Crippen LogP contribution in [0.25, 0.3) is 0 Å². The van der Waals surface area contributed by atoms with Crippen LogP contribution < -0.4 is 10.6 Å². The molecule has 0 radical (unpaired) electrons. The number of aliphatic imine (C=N–C) groups is 1. The lowest BCUT2D eigenvalue weighted by molar-refractivity contribution is 0.680. The molecule has 0 aliphatic carbocycles. The average molecular weight is 423 g/mol. The third-order valence-electron chi connectivity index (χ3n) is 2.84. The monoisotopic (exact) mass is 423 g/mol. The third-order valence-corrected chi connectivity index (χ3v) is 4.15. The lowest BCUT2D eigenvalue weighted by Crippen LogP contribution is -2.39. The SMILES string of the molecule is CCCCNC(=NC)NCCS(=O)Cc1ccccc1.I. The number of nitrogens with one attached hydrogen (secondary N) is 2. The molecular weight excluding hydrogens is 397 g/mol. The van der Waals surface area contributed by atoms with Gasteiger partial charge in [0.05, 0.1) is 0 Å². The van der Waals surface area contributed by atoms with E-state index in [1.54, 1.807) is 7.05 Å². The molecule has 4 nitrogen and oxygen atoms in total. The van der Waals surface area contributed by atoms with Gasteiger partial charge in [-0.25, -0.2) is 0 Å². The Bertz CT molecular complexity index is 426. The van der Waals surface area contributed by atoms with E-state index in [4.69, 9.17) is 0 Å². The number of guanidine groups is 1. The summed E-state index contributed by atoms with van der Waals surface area (Å²) in [6.45, 7) is 3.75. The van der Waals surface area contributed by atoms with Crippen molar-refractivity contribution in [3.8, 4) is 0 Å². The number of nitrogens with zero attached hydrogens (tertiary/aromatic N) is 1. The second kappa shape index (κ2) is 13.1. The van der Waals surface area contributed by atoms with Gasteiger partial charge in [0.1, 0.15) is 0 Å². The summed E-state index contributed by atoms with van der Waals surface area (Å²) in [4.78, 5) is 4.14. The summed E-state index contributed by atoms with van der Waals surface area (Å²) in [5.41, 5.74) is 1.12. The zero-order valence-electron chi connectivity index (χ0n) is 12.8. The third kappa shape index (κ3) is 9.84. The minimum absolute atomic E-state index is 0. The van der Waals surface area contributed by atoms with E-state index < -0.39 is 10.8 Å². The molecule has 1 aromatic carbocycles. The molecule has 1 rings (SSSR count). The summed E-state index contributed by atoms with van der Waals surface area (Å²) in [6, 6.07) is 9.95. The molecule has 0 aliphatic heterocycles. The first kappa shape index (κ1) is 20.4. The normalized spacial score (nSPS) is 12.4. The molecule has 0 aromatic heterocycles. The summed E-state index contributed by atoms with van der Waals surface area (Å²) in [7, 11) is 0.910. The summed E-state index contributed by atoms with van der Waals surface area (Å²) in [5, 5.41) is 6.42. The molecule has 120 valence electrons. The van der Waals surface area contributed by atoms with Crippen molar-refractivity contribution in [1.82, 2.24) is 10.6 Å². The van der Waals surface area contributed by atoms with E-state index in [-0.39, 0.29) is 24.0 Å². The van der Waals surface area contributed by atoms with Gasteiger partial charge in [-0.1, -0.05) is 43.7 Å². The van der Waals surface area contributed by atoms with Crippen LogP contribution in [-0.4, -0.2) is 36.1 Å². The Morgan fingerprint density at radius 3 is 2.48 bits per heavy atom. The Labute approximate surface area is 147 Å². The first-order chi connectivity index (χ1) is 9.76. The smallest absolute Gasteiger partial charge is 0.191 e. The highest BCUT2D eigenvalue weighted by Gasteiger charge is 2.02. The van der Waals surface area contributed by atoms with Crippen LogP contribution in [0.15, 0.2) is 35.3 Å². The van der Waals surface area contributed by atoms with Crippen LogP contribution in [0.1, 0.15) is 25.3 Å². The van der Waals surface area contributed by atoms with Crippen molar-refractivity contribution in [2.45, 2.75) is 25.5 Å². The molecule has 0 saturated heterocycles. The zero-order chi connectivity index (χ0) is 14.6. The largest absolute Gasteiger partial charge is 0.356 e. The zero-order valence-corrected chi connectivity index (χ0v) is 15.9. The predicted octanol–water partition coefficient (Wildman–Crippen LogP) is 2.52. The molecular formula is C15H26IN3OS. The predicted molar refractivity (Wildman–Crippen MR) is 103 cm³/mol. The van der Waals surface area contributed by atoms with Crippen molar-refractivity contribution in [3.63, 3.8) is 0 Å². The molecule has 0 bridgehead atoms. The minimum Gasteiger partial charge on any atom is -0.356 e. The number of benzene rings is 1. The first-order valence-electron chi connectivity index (χ1n) is 7.09. The van der Waals surface area contributed by atoms with Crippen LogP contribution in [0.4, 0.5) is 0 Å². The van der Waals surface area contributed by atoms with E-state index in [9.17, 15) is 4.21 Å². The fourth-order valence-corrected chi connectivity index (χ4v) is 2.76. The fraction of sp³-hybridized carbons (Fsp3) is 0.533. The highest BCUT2D eigenvalue weighted by Crippen LogP contribution is 2.02. The van der Waals surface area contributed by atoms with Crippen molar-refractivity contribution < 1.29 is 4.21 Å². The van der Waals surface area contributed by atoms with E-state index >= 15 is 0 Å². The Kier molecular flexibility index (Phi) is 12.7. The second-order valence-corrected chi connectivity index (χ2v) is 6.13. The van der Waals surface area contributed by atoms with Crippen LogP contribution in [0.5, 0.6) is 0 Å². The van der Waals surface area contributed by atoms with Crippen molar-refractivity contribution in [2.24, 2.45) is 4.99 Å². The molecule has 0 heterocycles. The van der Waals surface area contributed by atoms with Gasteiger partial charge in [-0.15, -0.1) is 24.0 Å². The number of rotatable bonds is 8. The molecule has 1 atom stereocenters. The summed E-state index contributed by atoms with van der Waals surface area (Å²) in [6.07, 6.45) is 2.28. The molecule has 21 heavy (non-hydrogen) atoms. The Hall–Kier alpha value is -0.630. The van der Waals surface area contributed by atoms with Gasteiger partial charge >= 0.3 is 0 Å². The molecule has 0 saturated carbocycles. The van der Waals surface area contributed by atoms with Crippen molar-refractivity contribution in [2.75, 3.05) is 25.9 Å². The number of hydrogen-bond donors (Lipinski definition) is 2. The van der Waals surface area contributed by atoms with Gasteiger partial charge in [-0.05, 0) is 12.0 Å². The molecule has 1 aromatic rings. The summed E-state index contributed by atoms with van der Waals surface area (Å²) >= 11 is 0. The second-order valence-electron chi connectivity index (χ2n) is 4.55. The standard InChI is InChI=1S/C15H25N3OS.HI/c1-3-4-10-17-15(16-2)18-11-12-20(19)13-14-8-6-5-7-9-14;/h5-9H,3-4,10-13H2,1-2H3,(H2,16,17,18);1H. The lowest BCUT2D eigenvalue weighted by Gasteiger charge is -2.11. The molecule has 0 amide bonds. The maximum absolute atomic E-state index is 12.0. The molecule has 1 unspecified atom stereocenters. The molecule has 2 N–H and O–H groups in total. The van der Waals surface area contributed by atoms with Gasteiger partial charge < -0.3 is 10.6 Å². The molecule has 0 fully saturated rings. The van der Waals surface area contributed by atoms with Gasteiger partial charge in [0.15, 0.2) is 5.96 Å². The van der Waals surface area contributed by atoms with E-state index in [1.165, 1.54) is 0 Å². The topological polar surface area (TPSA) is 53.5 Å². The van der Waals surface area contributed by atoms with E-state index in [0.29, 0.717) is 18.1 Å². The van der Waals surface area contributed by atoms with Crippen LogP contribution in [0.3, 0.4) is 0 Å². The van der Waals surface area contributed by atoms with Gasteiger partial charge in [0, 0.05) is 42.4 Å². The van der Waals surface area contributed by atoms with Crippen LogP contribution in [-0.2, 0) is 16.6 Å². The number of halogens is 1. The quantitative estimate of drug-likeness (QED) is 0.293. The Balaban J connectivity index is 0.00000400. The maximum Gasteiger partial charge on any atom is 0.191 e. The average Bonchev–Trinajstić information content (AvgIpc) is 2.47.